The highest BCUT2D eigenvalue weighted by atomic mass is 79.9. The summed E-state index contributed by atoms with van der Waals surface area (Å²) < 4.78 is 2.05. The molecule has 6 heteroatoms. The Hall–Kier alpha value is -0.100. The molecule has 2 nitrogen and oxygen atoms in total. The number of rotatable bonds is 4. The van der Waals surface area contributed by atoms with Crippen LogP contribution in [0, 0.1) is 0 Å². The minimum atomic E-state index is -0.762. The van der Waals surface area contributed by atoms with Crippen molar-refractivity contribution in [2.75, 3.05) is 6.54 Å². The van der Waals surface area contributed by atoms with Crippen LogP contribution >= 0.6 is 50.5 Å². The zero-order chi connectivity index (χ0) is 14.0. The Morgan fingerprint density at radius 1 is 1.26 bits per heavy atom. The second kappa shape index (κ2) is 6.57. The van der Waals surface area contributed by atoms with Crippen LogP contribution in [0.15, 0.2) is 34.8 Å². The number of thiophene rings is 1. The molecule has 0 radical (unpaired) electrons. The second-order valence-electron chi connectivity index (χ2n) is 4.12. The molecule has 0 amide bonds. The van der Waals surface area contributed by atoms with Gasteiger partial charge < -0.3 is 10.8 Å². The lowest BCUT2D eigenvalue weighted by molar-refractivity contribution is 0.148. The van der Waals surface area contributed by atoms with Crippen LogP contribution in [0.2, 0.25) is 8.67 Å². The zero-order valence-electron chi connectivity index (χ0n) is 9.82. The third kappa shape index (κ3) is 3.51. The third-order valence-electron chi connectivity index (χ3n) is 2.93. The fourth-order valence-electron chi connectivity index (χ4n) is 1.93. The van der Waals surface area contributed by atoms with Gasteiger partial charge in [-0.1, -0.05) is 51.3 Å². The third-order valence-corrected chi connectivity index (χ3v) is 4.98. The van der Waals surface area contributed by atoms with E-state index in [0.717, 1.165) is 10.0 Å². The molecule has 1 heterocycles. The highest BCUT2D eigenvalue weighted by Gasteiger charge is 2.25. The molecule has 0 aliphatic heterocycles. The summed E-state index contributed by atoms with van der Waals surface area (Å²) in [6.07, 6.45) is -0.762. The van der Waals surface area contributed by atoms with Gasteiger partial charge in [0.25, 0.3) is 0 Å². The topological polar surface area (TPSA) is 46.2 Å². The number of hydrogen-bond donors (Lipinski definition) is 2. The van der Waals surface area contributed by atoms with Crippen molar-refractivity contribution in [3.63, 3.8) is 0 Å². The average Bonchev–Trinajstić information content (AvgIpc) is 2.71. The van der Waals surface area contributed by atoms with Crippen LogP contribution in [0.3, 0.4) is 0 Å². The summed E-state index contributed by atoms with van der Waals surface area (Å²) in [6.45, 7) is 0.326. The van der Waals surface area contributed by atoms with Crippen molar-refractivity contribution in [3.05, 3.63) is 54.6 Å². The van der Waals surface area contributed by atoms with Gasteiger partial charge in [-0.3, -0.25) is 0 Å². The Bertz CT molecular complexity index is 558. The zero-order valence-corrected chi connectivity index (χ0v) is 13.7. The minimum Gasteiger partial charge on any atom is -0.388 e. The van der Waals surface area contributed by atoms with Crippen LogP contribution in [-0.4, -0.2) is 11.7 Å². The molecule has 0 aliphatic carbocycles. The highest BCUT2D eigenvalue weighted by Crippen LogP contribution is 2.40. The van der Waals surface area contributed by atoms with Crippen molar-refractivity contribution >= 4 is 50.5 Å². The summed E-state index contributed by atoms with van der Waals surface area (Å²) in [7, 11) is 0. The van der Waals surface area contributed by atoms with E-state index in [-0.39, 0.29) is 5.92 Å². The summed E-state index contributed by atoms with van der Waals surface area (Å²) in [5.74, 6) is -0.212. The molecule has 2 atom stereocenters. The maximum absolute atomic E-state index is 10.5. The van der Waals surface area contributed by atoms with E-state index in [9.17, 15) is 5.11 Å². The monoisotopic (exact) mass is 379 g/mol. The van der Waals surface area contributed by atoms with Crippen molar-refractivity contribution in [3.8, 4) is 0 Å². The lowest BCUT2D eigenvalue weighted by Gasteiger charge is -2.21. The van der Waals surface area contributed by atoms with E-state index >= 15 is 0 Å². The van der Waals surface area contributed by atoms with Crippen LogP contribution in [0.1, 0.15) is 23.1 Å². The maximum atomic E-state index is 10.5. The Kier molecular flexibility index (Phi) is 5.29. The smallest absolute Gasteiger partial charge is 0.100 e. The first-order valence-electron chi connectivity index (χ1n) is 5.61. The number of aliphatic hydroxyl groups excluding tert-OH is 1. The van der Waals surface area contributed by atoms with Gasteiger partial charge in [0.15, 0.2) is 0 Å². The molecule has 0 bridgehead atoms. The molecule has 0 fully saturated rings. The fourth-order valence-corrected chi connectivity index (χ4v) is 3.73. The molecule has 2 unspecified atom stereocenters. The quantitative estimate of drug-likeness (QED) is 0.814. The van der Waals surface area contributed by atoms with Gasteiger partial charge in [-0.05, 0) is 23.8 Å². The first-order valence-corrected chi connectivity index (χ1v) is 7.97. The molecule has 3 N–H and O–H groups in total. The minimum absolute atomic E-state index is 0.212. The summed E-state index contributed by atoms with van der Waals surface area (Å²) in [5, 5.41) is 10.5. The van der Waals surface area contributed by atoms with Crippen molar-refractivity contribution in [2.45, 2.75) is 12.0 Å². The Balaban J connectivity index is 2.31. The Labute approximate surface area is 134 Å². The van der Waals surface area contributed by atoms with Crippen LogP contribution in [0.4, 0.5) is 0 Å². The van der Waals surface area contributed by atoms with E-state index < -0.39 is 6.10 Å². The lowest BCUT2D eigenvalue weighted by atomic mass is 9.90. The first-order chi connectivity index (χ1) is 9.02. The summed E-state index contributed by atoms with van der Waals surface area (Å²) in [6, 6.07) is 9.42. The molecule has 2 rings (SSSR count). The van der Waals surface area contributed by atoms with Gasteiger partial charge in [0, 0.05) is 22.5 Å². The number of aliphatic hydroxyl groups is 1. The highest BCUT2D eigenvalue weighted by molar-refractivity contribution is 9.10. The number of halogens is 3. The molecule has 1 aromatic heterocycles. The van der Waals surface area contributed by atoms with Gasteiger partial charge in [-0.15, -0.1) is 11.3 Å². The van der Waals surface area contributed by atoms with E-state index in [1.54, 1.807) is 6.07 Å². The van der Waals surface area contributed by atoms with Gasteiger partial charge >= 0.3 is 0 Å². The standard InChI is InChI=1S/C13H12BrCl2NOS/c14-8-3-1-7(2-4-8)10(6-17)12(18)9-5-11(15)19-13(9)16/h1-5,10,12,18H,6,17H2. The molecule has 0 spiro atoms. The van der Waals surface area contributed by atoms with E-state index in [0.29, 0.717) is 20.8 Å². The Morgan fingerprint density at radius 2 is 1.89 bits per heavy atom. The molecule has 19 heavy (non-hydrogen) atoms. The Morgan fingerprint density at radius 3 is 2.37 bits per heavy atom. The molecule has 2 aromatic rings. The summed E-state index contributed by atoms with van der Waals surface area (Å²) >= 11 is 16.6. The SMILES string of the molecule is NCC(c1ccc(Br)cc1)C(O)c1cc(Cl)sc1Cl. The van der Waals surface area contributed by atoms with Crippen molar-refractivity contribution < 1.29 is 5.11 Å². The average molecular weight is 381 g/mol. The van der Waals surface area contributed by atoms with E-state index in [1.807, 2.05) is 24.3 Å². The normalized spacial score (nSPS) is 14.4. The van der Waals surface area contributed by atoms with E-state index in [4.69, 9.17) is 28.9 Å². The molecule has 1 aromatic carbocycles. The molecule has 0 aliphatic rings. The van der Waals surface area contributed by atoms with Gasteiger partial charge in [-0.25, -0.2) is 0 Å². The van der Waals surface area contributed by atoms with Gasteiger partial charge in [0.1, 0.15) is 4.34 Å². The molecule has 102 valence electrons. The molecule has 0 saturated heterocycles. The van der Waals surface area contributed by atoms with Gasteiger partial charge in [0.05, 0.1) is 10.4 Å². The maximum Gasteiger partial charge on any atom is 0.100 e. The number of nitrogens with two attached hydrogens (primary N) is 1. The first kappa shape index (κ1) is 15.3. The van der Waals surface area contributed by atoms with Crippen molar-refractivity contribution in [1.29, 1.82) is 0 Å². The predicted octanol–water partition coefficient (Wildman–Crippen LogP) is 4.59. The van der Waals surface area contributed by atoms with Crippen LogP contribution in [0.25, 0.3) is 0 Å². The van der Waals surface area contributed by atoms with E-state index in [2.05, 4.69) is 15.9 Å². The van der Waals surface area contributed by atoms with Crippen LogP contribution < -0.4 is 5.73 Å². The number of hydrogen-bond acceptors (Lipinski definition) is 3. The lowest BCUT2D eigenvalue weighted by Crippen LogP contribution is -2.20. The summed E-state index contributed by atoms with van der Waals surface area (Å²) in [5.41, 5.74) is 7.40. The van der Waals surface area contributed by atoms with Crippen LogP contribution in [-0.2, 0) is 0 Å². The van der Waals surface area contributed by atoms with E-state index in [1.165, 1.54) is 11.3 Å². The number of benzene rings is 1. The summed E-state index contributed by atoms with van der Waals surface area (Å²) in [4.78, 5) is 0. The predicted molar refractivity (Wildman–Crippen MR) is 85.2 cm³/mol. The molecule has 0 saturated carbocycles. The van der Waals surface area contributed by atoms with Crippen molar-refractivity contribution in [1.82, 2.24) is 0 Å². The molecular formula is C13H12BrCl2NOS. The fraction of sp³-hybridized carbons (Fsp3) is 0.231. The molecular weight excluding hydrogens is 369 g/mol. The second-order valence-corrected chi connectivity index (χ2v) is 7.32. The van der Waals surface area contributed by atoms with Crippen LogP contribution in [0.5, 0.6) is 0 Å². The van der Waals surface area contributed by atoms with Crippen molar-refractivity contribution in [2.24, 2.45) is 5.73 Å². The van der Waals surface area contributed by atoms with Gasteiger partial charge in [-0.2, -0.15) is 0 Å². The largest absolute Gasteiger partial charge is 0.388 e. The van der Waals surface area contributed by atoms with Gasteiger partial charge in [0.2, 0.25) is 0 Å².